The van der Waals surface area contributed by atoms with Gasteiger partial charge in [0.15, 0.2) is 0 Å². The molecule has 0 aliphatic rings. The Morgan fingerprint density at radius 1 is 1.50 bits per heavy atom. The molecule has 0 bridgehead atoms. The van der Waals surface area contributed by atoms with Gasteiger partial charge in [-0.1, -0.05) is 23.2 Å². The topological polar surface area (TPSA) is 22.1 Å². The SMILES string of the molecule is FCCOc1cnc(Cl)c(Cl)c1. The fraction of sp³-hybridized carbons (Fsp3) is 0.286. The van der Waals surface area contributed by atoms with E-state index in [-0.39, 0.29) is 11.8 Å². The standard InChI is InChI=1S/C7H6Cl2FNO/c8-6-3-5(12-2-1-10)4-11-7(6)9/h3-4H,1-2H2. The summed E-state index contributed by atoms with van der Waals surface area (Å²) >= 11 is 11.2. The number of alkyl halides is 1. The minimum absolute atomic E-state index is 0.000356. The summed E-state index contributed by atoms with van der Waals surface area (Å²) in [6, 6.07) is 1.49. The Bertz CT molecular complexity index is 270. The van der Waals surface area contributed by atoms with E-state index >= 15 is 0 Å². The largest absolute Gasteiger partial charge is 0.489 e. The molecule has 0 aliphatic heterocycles. The van der Waals surface area contributed by atoms with E-state index in [4.69, 9.17) is 27.9 Å². The third-order valence-corrected chi connectivity index (χ3v) is 1.80. The van der Waals surface area contributed by atoms with Crippen molar-refractivity contribution in [3.8, 4) is 5.75 Å². The first-order chi connectivity index (χ1) is 5.74. The molecule has 0 fully saturated rings. The second-order valence-corrected chi connectivity index (χ2v) is 2.75. The molecule has 0 saturated carbocycles. The molecule has 66 valence electrons. The Morgan fingerprint density at radius 2 is 2.25 bits per heavy atom. The molecular weight excluding hydrogens is 204 g/mol. The van der Waals surface area contributed by atoms with Crippen LogP contribution in [0, 0.1) is 0 Å². The van der Waals surface area contributed by atoms with E-state index in [1.54, 1.807) is 0 Å². The first kappa shape index (κ1) is 9.55. The van der Waals surface area contributed by atoms with Crippen LogP contribution in [0.15, 0.2) is 12.3 Å². The predicted molar refractivity (Wildman–Crippen MR) is 45.7 cm³/mol. The molecule has 5 heteroatoms. The first-order valence-corrected chi connectivity index (χ1v) is 3.99. The first-order valence-electron chi connectivity index (χ1n) is 3.24. The van der Waals surface area contributed by atoms with E-state index < -0.39 is 6.67 Å². The van der Waals surface area contributed by atoms with Crippen LogP contribution in [-0.2, 0) is 0 Å². The molecule has 0 saturated heterocycles. The summed E-state index contributed by atoms with van der Waals surface area (Å²) in [5.74, 6) is 0.419. The Morgan fingerprint density at radius 3 is 2.83 bits per heavy atom. The van der Waals surface area contributed by atoms with Crippen molar-refractivity contribution in [1.29, 1.82) is 0 Å². The highest BCUT2D eigenvalue weighted by atomic mass is 35.5. The van der Waals surface area contributed by atoms with Gasteiger partial charge in [-0.25, -0.2) is 9.37 Å². The summed E-state index contributed by atoms with van der Waals surface area (Å²) in [7, 11) is 0. The normalized spacial score (nSPS) is 9.92. The number of halogens is 3. The molecule has 2 nitrogen and oxygen atoms in total. The van der Waals surface area contributed by atoms with E-state index in [2.05, 4.69) is 4.98 Å². The molecule has 0 aromatic carbocycles. The lowest BCUT2D eigenvalue weighted by atomic mass is 10.4. The van der Waals surface area contributed by atoms with Crippen LogP contribution in [-0.4, -0.2) is 18.3 Å². The van der Waals surface area contributed by atoms with Crippen LogP contribution in [0.3, 0.4) is 0 Å². The maximum atomic E-state index is 11.7. The molecule has 0 atom stereocenters. The maximum absolute atomic E-state index is 11.7. The third-order valence-electron chi connectivity index (χ3n) is 1.12. The highest BCUT2D eigenvalue weighted by Crippen LogP contribution is 2.23. The minimum Gasteiger partial charge on any atom is -0.489 e. The Kier molecular flexibility index (Phi) is 3.56. The highest BCUT2D eigenvalue weighted by molar-refractivity contribution is 6.41. The van der Waals surface area contributed by atoms with E-state index in [1.165, 1.54) is 12.3 Å². The Hall–Kier alpha value is -0.540. The molecule has 0 spiro atoms. The Balaban J connectivity index is 2.69. The number of pyridine rings is 1. The summed E-state index contributed by atoms with van der Waals surface area (Å²) in [6.45, 7) is -0.542. The van der Waals surface area contributed by atoms with Crippen LogP contribution < -0.4 is 4.74 Å². The molecular formula is C7H6Cl2FNO. The lowest BCUT2D eigenvalue weighted by Crippen LogP contribution is -1.98. The molecule has 12 heavy (non-hydrogen) atoms. The smallest absolute Gasteiger partial charge is 0.147 e. The number of hydrogen-bond donors (Lipinski definition) is 0. The van der Waals surface area contributed by atoms with E-state index in [0.29, 0.717) is 10.8 Å². The van der Waals surface area contributed by atoms with Gasteiger partial charge in [0.1, 0.15) is 24.2 Å². The lowest BCUT2D eigenvalue weighted by Gasteiger charge is -2.02. The molecule has 0 amide bonds. The van der Waals surface area contributed by atoms with Crippen molar-refractivity contribution < 1.29 is 9.13 Å². The number of ether oxygens (including phenoxy) is 1. The summed E-state index contributed by atoms with van der Waals surface area (Å²) in [6.07, 6.45) is 1.39. The molecule has 0 N–H and O–H groups in total. The zero-order valence-corrected chi connectivity index (χ0v) is 7.57. The molecule has 0 unspecified atom stereocenters. The molecule has 1 rings (SSSR count). The van der Waals surface area contributed by atoms with Crippen LogP contribution in [0.2, 0.25) is 10.2 Å². The maximum Gasteiger partial charge on any atom is 0.147 e. The van der Waals surface area contributed by atoms with Crippen LogP contribution in [0.1, 0.15) is 0 Å². The van der Waals surface area contributed by atoms with E-state index in [1.807, 2.05) is 0 Å². The van der Waals surface area contributed by atoms with Crippen molar-refractivity contribution >= 4 is 23.2 Å². The second-order valence-electron chi connectivity index (χ2n) is 1.98. The van der Waals surface area contributed by atoms with Crippen LogP contribution >= 0.6 is 23.2 Å². The molecule has 0 aliphatic carbocycles. The molecule has 1 aromatic heterocycles. The van der Waals surface area contributed by atoms with Crippen molar-refractivity contribution in [1.82, 2.24) is 4.98 Å². The Labute approximate surface area is 79.3 Å². The minimum atomic E-state index is -0.541. The van der Waals surface area contributed by atoms with Gasteiger partial charge < -0.3 is 4.74 Å². The fourth-order valence-electron chi connectivity index (χ4n) is 0.639. The third kappa shape index (κ3) is 2.50. The monoisotopic (exact) mass is 209 g/mol. The second kappa shape index (κ2) is 4.48. The molecule has 1 heterocycles. The van der Waals surface area contributed by atoms with Gasteiger partial charge in [-0.05, 0) is 0 Å². The lowest BCUT2D eigenvalue weighted by molar-refractivity contribution is 0.272. The van der Waals surface area contributed by atoms with Gasteiger partial charge >= 0.3 is 0 Å². The average Bonchev–Trinajstić information content (AvgIpc) is 2.07. The number of nitrogens with zero attached hydrogens (tertiary/aromatic N) is 1. The highest BCUT2D eigenvalue weighted by Gasteiger charge is 2.00. The fourth-order valence-corrected chi connectivity index (χ4v) is 0.899. The van der Waals surface area contributed by atoms with Crippen molar-refractivity contribution in [3.63, 3.8) is 0 Å². The summed E-state index contributed by atoms with van der Waals surface area (Å²) in [5.41, 5.74) is 0. The van der Waals surface area contributed by atoms with Crippen molar-refractivity contribution in [3.05, 3.63) is 22.4 Å². The summed E-state index contributed by atoms with van der Waals surface area (Å²) in [4.78, 5) is 3.72. The van der Waals surface area contributed by atoms with Gasteiger partial charge in [-0.2, -0.15) is 0 Å². The molecule has 0 radical (unpaired) electrons. The average molecular weight is 210 g/mol. The van der Waals surface area contributed by atoms with Gasteiger partial charge in [0.2, 0.25) is 0 Å². The summed E-state index contributed by atoms with van der Waals surface area (Å²) in [5, 5.41) is 0.511. The van der Waals surface area contributed by atoms with Crippen LogP contribution in [0.25, 0.3) is 0 Å². The van der Waals surface area contributed by atoms with Crippen molar-refractivity contribution in [2.75, 3.05) is 13.3 Å². The number of rotatable bonds is 3. The van der Waals surface area contributed by atoms with Crippen molar-refractivity contribution in [2.24, 2.45) is 0 Å². The molecule has 1 aromatic rings. The zero-order valence-electron chi connectivity index (χ0n) is 6.06. The van der Waals surface area contributed by atoms with Gasteiger partial charge in [-0.3, -0.25) is 0 Å². The van der Waals surface area contributed by atoms with E-state index in [0.717, 1.165) is 0 Å². The zero-order chi connectivity index (χ0) is 8.97. The predicted octanol–water partition coefficient (Wildman–Crippen LogP) is 2.74. The summed E-state index contributed by atoms with van der Waals surface area (Å²) < 4.78 is 16.6. The van der Waals surface area contributed by atoms with Gasteiger partial charge in [-0.15, -0.1) is 0 Å². The van der Waals surface area contributed by atoms with Gasteiger partial charge in [0.05, 0.1) is 11.2 Å². The number of aromatic nitrogens is 1. The van der Waals surface area contributed by atoms with Crippen LogP contribution in [0.4, 0.5) is 4.39 Å². The van der Waals surface area contributed by atoms with Crippen molar-refractivity contribution in [2.45, 2.75) is 0 Å². The quantitative estimate of drug-likeness (QED) is 0.715. The van der Waals surface area contributed by atoms with Crippen LogP contribution in [0.5, 0.6) is 5.75 Å². The number of hydrogen-bond acceptors (Lipinski definition) is 2. The van der Waals surface area contributed by atoms with E-state index in [9.17, 15) is 4.39 Å². The van der Waals surface area contributed by atoms with Gasteiger partial charge in [0, 0.05) is 6.07 Å². The van der Waals surface area contributed by atoms with Gasteiger partial charge in [0.25, 0.3) is 0 Å².